The lowest BCUT2D eigenvalue weighted by Crippen LogP contribution is -2.43. The van der Waals surface area contributed by atoms with Crippen LogP contribution in [0.15, 0.2) is 72.9 Å². The molecule has 2 aromatic rings. The summed E-state index contributed by atoms with van der Waals surface area (Å²) in [7, 11) is 0. The first-order chi connectivity index (χ1) is 13.1. The van der Waals surface area contributed by atoms with Crippen molar-refractivity contribution in [3.05, 3.63) is 84.1 Å². The maximum atomic E-state index is 13.5. The molecule has 1 amide bonds. The van der Waals surface area contributed by atoms with Crippen molar-refractivity contribution in [2.75, 3.05) is 6.54 Å². The van der Waals surface area contributed by atoms with E-state index in [1.165, 1.54) is 11.1 Å². The highest BCUT2D eigenvalue weighted by Gasteiger charge is 2.32. The molecule has 142 valence electrons. The molecule has 0 unspecified atom stereocenters. The molecule has 0 radical (unpaired) electrons. The van der Waals surface area contributed by atoms with E-state index in [1.54, 1.807) is 0 Å². The summed E-state index contributed by atoms with van der Waals surface area (Å²) >= 11 is 0. The number of amides is 1. The van der Waals surface area contributed by atoms with Gasteiger partial charge < -0.3 is 9.80 Å². The van der Waals surface area contributed by atoms with E-state index >= 15 is 0 Å². The van der Waals surface area contributed by atoms with Crippen molar-refractivity contribution in [2.45, 2.75) is 45.8 Å². The fourth-order valence-corrected chi connectivity index (χ4v) is 3.55. The molecule has 1 heterocycles. The largest absolute Gasteiger partial charge is 0.366 e. The molecule has 3 rings (SSSR count). The molecule has 0 spiro atoms. The smallest absolute Gasteiger partial charge is 0.245 e. The average molecular weight is 363 g/mol. The highest BCUT2D eigenvalue weighted by atomic mass is 16.2. The van der Waals surface area contributed by atoms with Crippen LogP contribution in [0.1, 0.15) is 37.8 Å². The van der Waals surface area contributed by atoms with Gasteiger partial charge in [-0.05, 0) is 36.1 Å². The van der Waals surface area contributed by atoms with Crippen LogP contribution in [-0.2, 0) is 17.9 Å². The van der Waals surface area contributed by atoms with Crippen molar-refractivity contribution in [1.82, 2.24) is 9.80 Å². The van der Waals surface area contributed by atoms with Crippen molar-refractivity contribution < 1.29 is 4.79 Å². The third-order valence-electron chi connectivity index (χ3n) is 4.99. The minimum Gasteiger partial charge on any atom is -0.366 e. The van der Waals surface area contributed by atoms with Gasteiger partial charge in [0, 0.05) is 19.6 Å². The molecule has 0 N–H and O–H groups in total. The lowest BCUT2D eigenvalue weighted by atomic mass is 10.1. The molecule has 0 bridgehead atoms. The highest BCUT2D eigenvalue weighted by molar-refractivity contribution is 5.82. The number of carbonyl (C=O) groups excluding carboxylic acids is 1. The van der Waals surface area contributed by atoms with Crippen molar-refractivity contribution in [2.24, 2.45) is 5.92 Å². The summed E-state index contributed by atoms with van der Waals surface area (Å²) in [5.74, 6) is 0.722. The predicted molar refractivity (Wildman–Crippen MR) is 111 cm³/mol. The van der Waals surface area contributed by atoms with E-state index in [9.17, 15) is 4.79 Å². The standard InChI is InChI=1S/C24H30N2O/c1-20(2)15-17-25-16-9-14-23(25)24(27)26(18-21-10-5-3-6-11-21)19-22-12-7-4-8-13-22/h3-8,10-13,15,17,20,23H,9,14,16,18-19H2,1-2H3/b17-15+/t23-/m0/s1. The molecule has 1 aliphatic rings. The van der Waals surface area contributed by atoms with E-state index in [1.807, 2.05) is 41.3 Å². The third-order valence-corrected chi connectivity index (χ3v) is 4.99. The lowest BCUT2D eigenvalue weighted by Gasteiger charge is -2.30. The first kappa shape index (κ1) is 19.2. The summed E-state index contributed by atoms with van der Waals surface area (Å²) in [6.45, 7) is 6.59. The Kier molecular flexibility index (Phi) is 6.69. The Morgan fingerprint density at radius 1 is 1.04 bits per heavy atom. The van der Waals surface area contributed by atoms with Crippen LogP contribution in [0.5, 0.6) is 0 Å². The molecule has 1 saturated heterocycles. The van der Waals surface area contributed by atoms with Crippen LogP contribution < -0.4 is 0 Å². The van der Waals surface area contributed by atoms with E-state index in [-0.39, 0.29) is 11.9 Å². The molecule has 1 atom stereocenters. The van der Waals surface area contributed by atoms with Gasteiger partial charge >= 0.3 is 0 Å². The van der Waals surface area contributed by atoms with Crippen molar-refractivity contribution in [1.29, 1.82) is 0 Å². The van der Waals surface area contributed by atoms with E-state index < -0.39 is 0 Å². The van der Waals surface area contributed by atoms with Crippen LogP contribution in [0.4, 0.5) is 0 Å². The SMILES string of the molecule is CC(C)/C=C/N1CCC[C@H]1C(=O)N(Cc1ccccc1)Cc1ccccc1. The van der Waals surface area contributed by atoms with Gasteiger partial charge in [0.05, 0.1) is 0 Å². The minimum atomic E-state index is -0.0487. The van der Waals surface area contributed by atoms with Gasteiger partial charge in [0.2, 0.25) is 5.91 Å². The molecular weight excluding hydrogens is 332 g/mol. The Bertz CT molecular complexity index is 698. The Hall–Kier alpha value is -2.55. The zero-order chi connectivity index (χ0) is 19.1. The first-order valence-electron chi connectivity index (χ1n) is 9.94. The molecule has 0 aliphatic carbocycles. The normalized spacial score (nSPS) is 17.0. The van der Waals surface area contributed by atoms with Crippen LogP contribution in [0.3, 0.4) is 0 Å². The van der Waals surface area contributed by atoms with Crippen molar-refractivity contribution in [3.8, 4) is 0 Å². The van der Waals surface area contributed by atoms with Gasteiger partial charge in [-0.25, -0.2) is 0 Å². The Morgan fingerprint density at radius 2 is 1.59 bits per heavy atom. The quantitative estimate of drug-likeness (QED) is 0.703. The molecule has 1 aliphatic heterocycles. The van der Waals surface area contributed by atoms with Crippen LogP contribution in [0.25, 0.3) is 0 Å². The Morgan fingerprint density at radius 3 is 2.11 bits per heavy atom. The summed E-state index contributed by atoms with van der Waals surface area (Å²) in [4.78, 5) is 17.7. The Labute approximate surface area is 163 Å². The van der Waals surface area contributed by atoms with Gasteiger partial charge in [0.15, 0.2) is 0 Å². The molecule has 27 heavy (non-hydrogen) atoms. The topological polar surface area (TPSA) is 23.6 Å². The van der Waals surface area contributed by atoms with Crippen LogP contribution >= 0.6 is 0 Å². The zero-order valence-electron chi connectivity index (χ0n) is 16.4. The maximum Gasteiger partial charge on any atom is 0.245 e. The summed E-state index contributed by atoms with van der Waals surface area (Å²) in [6.07, 6.45) is 6.32. The number of carbonyl (C=O) groups is 1. The van der Waals surface area contributed by atoms with Gasteiger partial charge in [0.25, 0.3) is 0 Å². The van der Waals surface area contributed by atoms with Gasteiger partial charge in [-0.2, -0.15) is 0 Å². The van der Waals surface area contributed by atoms with Crippen LogP contribution in [0, 0.1) is 5.92 Å². The predicted octanol–water partition coefficient (Wildman–Crippen LogP) is 4.85. The second-order valence-electron chi connectivity index (χ2n) is 7.65. The number of allylic oxidation sites excluding steroid dienone is 1. The first-order valence-corrected chi connectivity index (χ1v) is 9.94. The molecule has 2 aromatic carbocycles. The van der Waals surface area contributed by atoms with Crippen molar-refractivity contribution >= 4 is 5.91 Å². The van der Waals surface area contributed by atoms with E-state index in [0.29, 0.717) is 19.0 Å². The van der Waals surface area contributed by atoms with E-state index in [2.05, 4.69) is 55.3 Å². The van der Waals surface area contributed by atoms with Gasteiger partial charge in [-0.3, -0.25) is 4.79 Å². The van der Waals surface area contributed by atoms with E-state index in [4.69, 9.17) is 0 Å². The highest BCUT2D eigenvalue weighted by Crippen LogP contribution is 2.22. The minimum absolute atomic E-state index is 0.0487. The number of nitrogens with zero attached hydrogens (tertiary/aromatic N) is 2. The zero-order valence-corrected chi connectivity index (χ0v) is 16.4. The van der Waals surface area contributed by atoms with Gasteiger partial charge in [0.1, 0.15) is 6.04 Å². The molecular formula is C24H30N2O. The second kappa shape index (κ2) is 9.40. The summed E-state index contributed by atoms with van der Waals surface area (Å²) in [5, 5.41) is 0. The van der Waals surface area contributed by atoms with Gasteiger partial charge in [-0.1, -0.05) is 80.6 Å². The average Bonchev–Trinajstić information content (AvgIpc) is 3.15. The molecule has 0 saturated carbocycles. The molecule has 3 nitrogen and oxygen atoms in total. The van der Waals surface area contributed by atoms with Crippen molar-refractivity contribution in [3.63, 3.8) is 0 Å². The fraction of sp³-hybridized carbons (Fsp3) is 0.375. The van der Waals surface area contributed by atoms with E-state index in [0.717, 1.165) is 19.4 Å². The number of hydrogen-bond donors (Lipinski definition) is 0. The monoisotopic (exact) mass is 362 g/mol. The second-order valence-corrected chi connectivity index (χ2v) is 7.65. The molecule has 1 fully saturated rings. The lowest BCUT2D eigenvalue weighted by molar-refractivity contribution is -0.136. The Balaban J connectivity index is 1.79. The van der Waals surface area contributed by atoms with Crippen LogP contribution in [0.2, 0.25) is 0 Å². The molecule has 3 heteroatoms. The van der Waals surface area contributed by atoms with Gasteiger partial charge in [-0.15, -0.1) is 0 Å². The summed E-state index contributed by atoms with van der Waals surface area (Å²) in [5.41, 5.74) is 2.34. The number of rotatable bonds is 7. The fourth-order valence-electron chi connectivity index (χ4n) is 3.55. The molecule has 0 aromatic heterocycles. The number of likely N-dealkylation sites (tertiary alicyclic amines) is 1. The number of hydrogen-bond acceptors (Lipinski definition) is 2. The maximum absolute atomic E-state index is 13.5. The van der Waals surface area contributed by atoms with Crippen LogP contribution in [-0.4, -0.2) is 28.3 Å². The summed E-state index contributed by atoms with van der Waals surface area (Å²) < 4.78 is 0. The summed E-state index contributed by atoms with van der Waals surface area (Å²) in [6, 6.07) is 20.5. The number of benzene rings is 2. The third kappa shape index (κ3) is 5.46.